The van der Waals surface area contributed by atoms with Crippen LogP contribution in [0.2, 0.25) is 0 Å². The monoisotopic (exact) mass is 419 g/mol. The number of nitrogens with one attached hydrogen (secondary N) is 1. The van der Waals surface area contributed by atoms with Crippen molar-refractivity contribution in [1.82, 2.24) is 25.1 Å². The van der Waals surface area contributed by atoms with E-state index < -0.39 is 0 Å². The van der Waals surface area contributed by atoms with E-state index >= 15 is 0 Å². The maximum absolute atomic E-state index is 12.6. The lowest BCUT2D eigenvalue weighted by Crippen LogP contribution is -2.39. The quantitative estimate of drug-likeness (QED) is 0.519. The highest BCUT2D eigenvalue weighted by molar-refractivity contribution is 7.17. The van der Waals surface area contributed by atoms with E-state index in [1.807, 2.05) is 49.1 Å². The molecule has 4 aromatic heterocycles. The van der Waals surface area contributed by atoms with Gasteiger partial charge in [-0.2, -0.15) is 5.10 Å². The molecule has 1 aliphatic rings. The van der Waals surface area contributed by atoms with Crippen LogP contribution in [0.5, 0.6) is 0 Å². The van der Waals surface area contributed by atoms with Gasteiger partial charge in [0.1, 0.15) is 11.4 Å². The first-order valence-corrected chi connectivity index (χ1v) is 10.8. The summed E-state index contributed by atoms with van der Waals surface area (Å²) in [6.45, 7) is 1.30. The smallest absolute Gasteiger partial charge is 0.270 e. The minimum atomic E-state index is -0.163. The fourth-order valence-electron chi connectivity index (χ4n) is 3.47. The standard InChI is InChI=1S/C22H21N5O2S/c1-27-7-4-18(26-27)17-3-2-14(12-23-17)10-15-11-20(25-19-6-9-30-21(15)19)22(28)24-13-16-5-8-29-16/h2-4,6-7,9,11-12,16H,5,8,10,13H2,1H3,(H,24,28). The maximum atomic E-state index is 12.6. The molecule has 0 bridgehead atoms. The molecule has 1 amide bonds. The summed E-state index contributed by atoms with van der Waals surface area (Å²) in [7, 11) is 1.89. The van der Waals surface area contributed by atoms with Gasteiger partial charge in [0.25, 0.3) is 5.91 Å². The number of amides is 1. The number of aromatic nitrogens is 4. The molecular weight excluding hydrogens is 398 g/mol. The summed E-state index contributed by atoms with van der Waals surface area (Å²) in [6.07, 6.45) is 5.57. The number of thiophene rings is 1. The molecule has 0 aromatic carbocycles. The molecule has 1 N–H and O–H groups in total. The highest BCUT2D eigenvalue weighted by Gasteiger charge is 2.20. The van der Waals surface area contributed by atoms with Gasteiger partial charge in [0.05, 0.1) is 22.0 Å². The highest BCUT2D eigenvalue weighted by Crippen LogP contribution is 2.27. The summed E-state index contributed by atoms with van der Waals surface area (Å²) < 4.78 is 8.24. The van der Waals surface area contributed by atoms with Gasteiger partial charge in [-0.25, -0.2) is 4.98 Å². The van der Waals surface area contributed by atoms with Gasteiger partial charge in [-0.1, -0.05) is 6.07 Å². The molecule has 0 saturated carbocycles. The molecule has 0 radical (unpaired) electrons. The predicted molar refractivity (Wildman–Crippen MR) is 116 cm³/mol. The third kappa shape index (κ3) is 3.83. The Labute approximate surface area is 177 Å². The Morgan fingerprint density at radius 2 is 2.20 bits per heavy atom. The predicted octanol–water partition coefficient (Wildman–Crippen LogP) is 3.20. The van der Waals surface area contributed by atoms with Gasteiger partial charge in [-0.3, -0.25) is 14.5 Å². The van der Waals surface area contributed by atoms with Crippen LogP contribution in [0.15, 0.2) is 48.1 Å². The highest BCUT2D eigenvalue weighted by atomic mass is 32.1. The molecule has 152 valence electrons. The second-order valence-electron chi connectivity index (χ2n) is 7.40. The number of hydrogen-bond acceptors (Lipinski definition) is 6. The van der Waals surface area contributed by atoms with Crippen LogP contribution in [0, 0.1) is 0 Å². The van der Waals surface area contributed by atoms with Gasteiger partial charge in [0.15, 0.2) is 0 Å². The van der Waals surface area contributed by atoms with Crippen molar-refractivity contribution in [2.45, 2.75) is 18.9 Å². The molecule has 1 fully saturated rings. The van der Waals surface area contributed by atoms with Gasteiger partial charge in [0, 0.05) is 39.0 Å². The number of fused-ring (bicyclic) bond motifs is 1. The van der Waals surface area contributed by atoms with Gasteiger partial charge in [0.2, 0.25) is 0 Å². The molecular formula is C22H21N5O2S. The zero-order valence-corrected chi connectivity index (χ0v) is 17.4. The van der Waals surface area contributed by atoms with Crippen LogP contribution in [0.1, 0.15) is 28.0 Å². The Morgan fingerprint density at radius 3 is 2.90 bits per heavy atom. The van der Waals surface area contributed by atoms with Crippen molar-refractivity contribution >= 4 is 27.5 Å². The number of pyridine rings is 2. The number of rotatable bonds is 6. The Morgan fingerprint density at radius 1 is 1.30 bits per heavy atom. The number of ether oxygens (including phenoxy) is 1. The molecule has 30 heavy (non-hydrogen) atoms. The first-order chi connectivity index (χ1) is 14.7. The summed E-state index contributed by atoms with van der Waals surface area (Å²) in [5.74, 6) is -0.163. The van der Waals surface area contributed by atoms with Gasteiger partial charge < -0.3 is 10.1 Å². The van der Waals surface area contributed by atoms with E-state index in [4.69, 9.17) is 4.74 Å². The molecule has 1 aliphatic heterocycles. The van der Waals surface area contributed by atoms with Gasteiger partial charge in [-0.05, 0) is 47.2 Å². The number of carbonyl (C=O) groups excluding carboxylic acids is 1. The zero-order valence-electron chi connectivity index (χ0n) is 16.5. The van der Waals surface area contributed by atoms with E-state index in [-0.39, 0.29) is 12.0 Å². The lowest BCUT2D eigenvalue weighted by molar-refractivity contribution is -0.0473. The van der Waals surface area contributed by atoms with Crippen molar-refractivity contribution in [3.05, 3.63) is 64.9 Å². The average Bonchev–Trinajstić information content (AvgIpc) is 3.36. The molecule has 8 heteroatoms. The van der Waals surface area contributed by atoms with E-state index in [1.165, 1.54) is 0 Å². The molecule has 4 aromatic rings. The van der Waals surface area contributed by atoms with E-state index in [9.17, 15) is 4.79 Å². The summed E-state index contributed by atoms with van der Waals surface area (Å²) in [6, 6.07) is 9.83. The third-order valence-corrected chi connectivity index (χ3v) is 6.18. The molecule has 5 rings (SSSR count). The minimum absolute atomic E-state index is 0.127. The number of hydrogen-bond donors (Lipinski definition) is 1. The van der Waals surface area contributed by atoms with Crippen LogP contribution in [0.4, 0.5) is 0 Å². The molecule has 1 unspecified atom stereocenters. The summed E-state index contributed by atoms with van der Waals surface area (Å²) in [5.41, 5.74) is 5.13. The van der Waals surface area contributed by atoms with Crippen molar-refractivity contribution < 1.29 is 9.53 Å². The van der Waals surface area contributed by atoms with Crippen LogP contribution in [-0.4, -0.2) is 44.9 Å². The van der Waals surface area contributed by atoms with Crippen LogP contribution < -0.4 is 5.32 Å². The fourth-order valence-corrected chi connectivity index (χ4v) is 4.32. The van der Waals surface area contributed by atoms with Crippen LogP contribution in [0.3, 0.4) is 0 Å². The lowest BCUT2D eigenvalue weighted by Gasteiger charge is -2.26. The normalized spacial score (nSPS) is 15.8. The third-order valence-electron chi connectivity index (χ3n) is 5.20. The topological polar surface area (TPSA) is 81.9 Å². The Bertz CT molecular complexity index is 1190. The Balaban J connectivity index is 1.37. The maximum Gasteiger partial charge on any atom is 0.270 e. The van der Waals surface area contributed by atoms with E-state index in [0.29, 0.717) is 18.7 Å². The van der Waals surface area contributed by atoms with Crippen LogP contribution in [-0.2, 0) is 18.2 Å². The van der Waals surface area contributed by atoms with Crippen molar-refractivity contribution in [1.29, 1.82) is 0 Å². The molecule has 0 spiro atoms. The largest absolute Gasteiger partial charge is 0.376 e. The second kappa shape index (κ2) is 7.97. The Kier molecular flexibility index (Phi) is 5.02. The zero-order chi connectivity index (χ0) is 20.5. The van der Waals surface area contributed by atoms with Crippen molar-refractivity contribution in [3.63, 3.8) is 0 Å². The summed E-state index contributed by atoms with van der Waals surface area (Å²) in [5, 5.41) is 9.33. The van der Waals surface area contributed by atoms with Crippen LogP contribution in [0.25, 0.3) is 21.6 Å². The fraction of sp³-hybridized carbons (Fsp3) is 0.273. The van der Waals surface area contributed by atoms with Crippen molar-refractivity contribution in [2.24, 2.45) is 7.05 Å². The molecule has 7 nitrogen and oxygen atoms in total. The van der Waals surface area contributed by atoms with Gasteiger partial charge in [-0.15, -0.1) is 11.3 Å². The minimum Gasteiger partial charge on any atom is -0.376 e. The SMILES string of the molecule is Cn1ccc(-c2ccc(Cc3cc(C(=O)NCC4CCO4)nc4ccsc34)cn2)n1. The summed E-state index contributed by atoms with van der Waals surface area (Å²) >= 11 is 1.64. The van der Waals surface area contributed by atoms with E-state index in [1.54, 1.807) is 16.0 Å². The lowest BCUT2D eigenvalue weighted by atomic mass is 10.1. The number of aryl methyl sites for hydroxylation is 1. The molecule has 0 aliphatic carbocycles. The second-order valence-corrected chi connectivity index (χ2v) is 8.31. The van der Waals surface area contributed by atoms with Gasteiger partial charge >= 0.3 is 0 Å². The first-order valence-electron chi connectivity index (χ1n) is 9.87. The first kappa shape index (κ1) is 18.9. The Hall–Kier alpha value is -3.10. The number of nitrogens with zero attached hydrogens (tertiary/aromatic N) is 4. The summed E-state index contributed by atoms with van der Waals surface area (Å²) in [4.78, 5) is 21.7. The average molecular weight is 420 g/mol. The van der Waals surface area contributed by atoms with E-state index in [2.05, 4.69) is 26.4 Å². The van der Waals surface area contributed by atoms with Crippen molar-refractivity contribution in [3.8, 4) is 11.4 Å². The number of carbonyl (C=O) groups is 1. The molecule has 1 saturated heterocycles. The molecule has 1 atom stereocenters. The van der Waals surface area contributed by atoms with Crippen molar-refractivity contribution in [2.75, 3.05) is 13.2 Å². The van der Waals surface area contributed by atoms with E-state index in [0.717, 1.165) is 45.8 Å². The molecule has 5 heterocycles. The van der Waals surface area contributed by atoms with Crippen LogP contribution >= 0.6 is 11.3 Å².